The predicted octanol–water partition coefficient (Wildman–Crippen LogP) is 2.88. The lowest BCUT2D eigenvalue weighted by Crippen LogP contribution is -2.20. The zero-order valence-corrected chi connectivity index (χ0v) is 10.6. The summed E-state index contributed by atoms with van der Waals surface area (Å²) >= 11 is 0. The minimum absolute atomic E-state index is 0.0988. The largest absolute Gasteiger partial charge is 0.477 e. The van der Waals surface area contributed by atoms with Crippen LogP contribution in [0, 0.1) is 5.92 Å². The van der Waals surface area contributed by atoms with E-state index < -0.39 is 5.97 Å². The average molecular weight is 249 g/mol. The van der Waals surface area contributed by atoms with Crippen molar-refractivity contribution in [3.63, 3.8) is 0 Å². The molecular weight excluding hydrogens is 230 g/mol. The van der Waals surface area contributed by atoms with Crippen molar-refractivity contribution >= 4 is 5.97 Å². The number of ether oxygens (including phenoxy) is 1. The van der Waals surface area contributed by atoms with Crippen LogP contribution in [0.25, 0.3) is 0 Å². The van der Waals surface area contributed by atoms with Crippen LogP contribution in [0.3, 0.4) is 0 Å². The van der Waals surface area contributed by atoms with Gasteiger partial charge in [0.25, 0.3) is 0 Å². The summed E-state index contributed by atoms with van der Waals surface area (Å²) in [6, 6.07) is 3.51. The number of carboxylic acids is 1. The van der Waals surface area contributed by atoms with Crippen molar-refractivity contribution in [3.05, 3.63) is 29.6 Å². The van der Waals surface area contributed by atoms with Crippen molar-refractivity contribution in [3.8, 4) is 0 Å². The second-order valence-electron chi connectivity index (χ2n) is 5.01. The lowest BCUT2D eigenvalue weighted by molar-refractivity contribution is 0.00804. The molecule has 0 spiro atoms. The first-order valence-corrected chi connectivity index (χ1v) is 6.45. The van der Waals surface area contributed by atoms with Gasteiger partial charge < -0.3 is 9.84 Å². The Hall–Kier alpha value is -1.42. The van der Waals surface area contributed by atoms with Crippen LogP contribution in [0.15, 0.2) is 18.3 Å². The Morgan fingerprint density at radius 1 is 1.44 bits per heavy atom. The van der Waals surface area contributed by atoms with Gasteiger partial charge in [0.05, 0.1) is 12.7 Å². The van der Waals surface area contributed by atoms with E-state index in [0.717, 1.165) is 18.8 Å². The van der Waals surface area contributed by atoms with Crippen LogP contribution in [-0.2, 0) is 11.3 Å². The molecule has 1 saturated carbocycles. The summed E-state index contributed by atoms with van der Waals surface area (Å²) in [6.45, 7) is 2.61. The monoisotopic (exact) mass is 249 g/mol. The zero-order valence-electron chi connectivity index (χ0n) is 10.6. The fourth-order valence-electron chi connectivity index (χ4n) is 2.35. The van der Waals surface area contributed by atoms with Gasteiger partial charge in [-0.1, -0.05) is 13.0 Å². The van der Waals surface area contributed by atoms with Crippen molar-refractivity contribution in [2.45, 2.75) is 45.3 Å². The fourth-order valence-corrected chi connectivity index (χ4v) is 2.35. The van der Waals surface area contributed by atoms with Gasteiger partial charge in [0, 0.05) is 11.8 Å². The molecule has 0 radical (unpaired) electrons. The minimum atomic E-state index is -0.994. The molecule has 0 amide bonds. The minimum Gasteiger partial charge on any atom is -0.477 e. The standard InChI is InChI=1S/C14H19NO3/c1-10-4-6-12(7-5-10)18-9-11-3-2-8-15-13(11)14(16)17/h2-3,8,10,12H,4-7,9H2,1H3,(H,16,17). The van der Waals surface area contributed by atoms with E-state index in [0.29, 0.717) is 12.2 Å². The normalized spacial score (nSPS) is 23.8. The van der Waals surface area contributed by atoms with E-state index >= 15 is 0 Å². The van der Waals surface area contributed by atoms with Crippen LogP contribution < -0.4 is 0 Å². The van der Waals surface area contributed by atoms with Gasteiger partial charge in [-0.2, -0.15) is 0 Å². The smallest absolute Gasteiger partial charge is 0.354 e. The van der Waals surface area contributed by atoms with Crippen LogP contribution in [0.2, 0.25) is 0 Å². The molecule has 0 unspecified atom stereocenters. The van der Waals surface area contributed by atoms with Crippen molar-refractivity contribution in [2.75, 3.05) is 0 Å². The molecule has 0 bridgehead atoms. The fraction of sp³-hybridized carbons (Fsp3) is 0.571. The van der Waals surface area contributed by atoms with Gasteiger partial charge in [-0.15, -0.1) is 0 Å². The molecule has 18 heavy (non-hydrogen) atoms. The Morgan fingerprint density at radius 3 is 2.83 bits per heavy atom. The van der Waals surface area contributed by atoms with Gasteiger partial charge in [-0.3, -0.25) is 0 Å². The Balaban J connectivity index is 1.92. The number of carboxylic acid groups (broad SMARTS) is 1. The molecule has 0 aromatic carbocycles. The average Bonchev–Trinajstić information content (AvgIpc) is 2.38. The maximum absolute atomic E-state index is 11.0. The van der Waals surface area contributed by atoms with E-state index in [9.17, 15) is 4.79 Å². The molecule has 2 rings (SSSR count). The van der Waals surface area contributed by atoms with Gasteiger partial charge in [0.1, 0.15) is 0 Å². The summed E-state index contributed by atoms with van der Waals surface area (Å²) < 4.78 is 5.80. The van der Waals surface area contributed by atoms with E-state index in [1.54, 1.807) is 12.1 Å². The van der Waals surface area contributed by atoms with E-state index in [1.807, 2.05) is 0 Å². The second-order valence-corrected chi connectivity index (χ2v) is 5.01. The van der Waals surface area contributed by atoms with Crippen LogP contribution in [0.5, 0.6) is 0 Å². The van der Waals surface area contributed by atoms with E-state index in [1.165, 1.54) is 19.0 Å². The van der Waals surface area contributed by atoms with E-state index in [4.69, 9.17) is 9.84 Å². The van der Waals surface area contributed by atoms with Gasteiger partial charge in [-0.25, -0.2) is 9.78 Å². The molecule has 1 N–H and O–H groups in total. The zero-order chi connectivity index (χ0) is 13.0. The Kier molecular flexibility index (Phi) is 4.31. The third-order valence-electron chi connectivity index (χ3n) is 3.53. The number of carbonyl (C=O) groups is 1. The van der Waals surface area contributed by atoms with Gasteiger partial charge in [-0.05, 0) is 37.7 Å². The number of nitrogens with zero attached hydrogens (tertiary/aromatic N) is 1. The quantitative estimate of drug-likeness (QED) is 0.891. The van der Waals surface area contributed by atoms with Crippen molar-refractivity contribution < 1.29 is 14.6 Å². The summed E-state index contributed by atoms with van der Waals surface area (Å²) in [7, 11) is 0. The molecule has 0 atom stereocenters. The highest BCUT2D eigenvalue weighted by Crippen LogP contribution is 2.26. The molecule has 1 aromatic heterocycles. The van der Waals surface area contributed by atoms with Crippen LogP contribution in [0.1, 0.15) is 48.7 Å². The second kappa shape index (κ2) is 5.96. The van der Waals surface area contributed by atoms with Crippen molar-refractivity contribution in [1.29, 1.82) is 0 Å². The Morgan fingerprint density at radius 2 is 2.17 bits per heavy atom. The highest BCUT2D eigenvalue weighted by molar-refractivity contribution is 5.86. The molecule has 4 nitrogen and oxygen atoms in total. The third kappa shape index (κ3) is 3.29. The summed E-state index contributed by atoms with van der Waals surface area (Å²) in [5.74, 6) is -0.204. The molecule has 1 fully saturated rings. The lowest BCUT2D eigenvalue weighted by atomic mass is 9.89. The first kappa shape index (κ1) is 13.0. The summed E-state index contributed by atoms with van der Waals surface area (Å²) in [4.78, 5) is 14.9. The Bertz CT molecular complexity index is 411. The molecular formula is C14H19NO3. The number of rotatable bonds is 4. The van der Waals surface area contributed by atoms with Gasteiger partial charge >= 0.3 is 5.97 Å². The Labute approximate surface area is 107 Å². The maximum Gasteiger partial charge on any atom is 0.354 e. The van der Waals surface area contributed by atoms with Gasteiger partial charge in [0.15, 0.2) is 5.69 Å². The molecule has 1 aliphatic carbocycles. The number of hydrogen-bond donors (Lipinski definition) is 1. The third-order valence-corrected chi connectivity index (χ3v) is 3.53. The van der Waals surface area contributed by atoms with E-state index in [2.05, 4.69) is 11.9 Å². The van der Waals surface area contributed by atoms with Crippen molar-refractivity contribution in [1.82, 2.24) is 4.98 Å². The number of aromatic carboxylic acids is 1. The van der Waals surface area contributed by atoms with Gasteiger partial charge in [0.2, 0.25) is 0 Å². The topological polar surface area (TPSA) is 59.4 Å². The number of aromatic nitrogens is 1. The first-order valence-electron chi connectivity index (χ1n) is 6.45. The first-order chi connectivity index (χ1) is 8.66. The number of pyridine rings is 1. The molecule has 0 aliphatic heterocycles. The lowest BCUT2D eigenvalue weighted by Gasteiger charge is -2.26. The SMILES string of the molecule is CC1CCC(OCc2cccnc2C(=O)O)CC1. The molecule has 1 aliphatic rings. The van der Waals surface area contributed by atoms with Crippen LogP contribution in [-0.4, -0.2) is 22.2 Å². The van der Waals surface area contributed by atoms with E-state index in [-0.39, 0.29) is 11.8 Å². The summed E-state index contributed by atoms with van der Waals surface area (Å²) in [5.41, 5.74) is 0.755. The molecule has 4 heteroatoms. The maximum atomic E-state index is 11.0. The number of hydrogen-bond acceptors (Lipinski definition) is 3. The van der Waals surface area contributed by atoms with Crippen molar-refractivity contribution in [2.24, 2.45) is 5.92 Å². The molecule has 1 heterocycles. The predicted molar refractivity (Wildman–Crippen MR) is 67.4 cm³/mol. The molecule has 1 aromatic rings. The van der Waals surface area contributed by atoms with Crippen LogP contribution >= 0.6 is 0 Å². The molecule has 98 valence electrons. The highest BCUT2D eigenvalue weighted by atomic mass is 16.5. The van der Waals surface area contributed by atoms with Crippen LogP contribution in [0.4, 0.5) is 0 Å². The summed E-state index contributed by atoms with van der Waals surface area (Å²) in [5, 5.41) is 9.02. The summed E-state index contributed by atoms with van der Waals surface area (Å²) in [6.07, 6.45) is 6.30. The molecule has 0 saturated heterocycles. The highest BCUT2D eigenvalue weighted by Gasteiger charge is 2.19.